The summed E-state index contributed by atoms with van der Waals surface area (Å²) in [7, 11) is 0. The van der Waals surface area contributed by atoms with Crippen molar-refractivity contribution in [2.24, 2.45) is 0 Å². The van der Waals surface area contributed by atoms with Crippen molar-refractivity contribution >= 4 is 22.5 Å². The molecule has 0 bridgehead atoms. The Labute approximate surface area is 122 Å². The summed E-state index contributed by atoms with van der Waals surface area (Å²) in [6, 6.07) is 11.8. The molecule has 0 saturated carbocycles. The molecular formula is C16H14ClN3. The van der Waals surface area contributed by atoms with Crippen molar-refractivity contribution < 1.29 is 0 Å². The highest BCUT2D eigenvalue weighted by Gasteiger charge is 2.11. The fourth-order valence-electron chi connectivity index (χ4n) is 2.16. The van der Waals surface area contributed by atoms with Crippen molar-refractivity contribution in [3.8, 4) is 11.3 Å². The molecule has 0 fully saturated rings. The lowest BCUT2D eigenvalue weighted by molar-refractivity contribution is 0.776. The van der Waals surface area contributed by atoms with Crippen LogP contribution in [0.2, 0.25) is 5.15 Å². The van der Waals surface area contributed by atoms with E-state index in [-0.39, 0.29) is 5.92 Å². The lowest BCUT2D eigenvalue weighted by atomic mass is 10.0. The fraction of sp³-hybridized carbons (Fsp3) is 0.188. The molecule has 100 valence electrons. The summed E-state index contributed by atoms with van der Waals surface area (Å²) in [5.41, 5.74) is 2.82. The molecular weight excluding hydrogens is 270 g/mol. The van der Waals surface area contributed by atoms with Gasteiger partial charge in [0.15, 0.2) is 0 Å². The Morgan fingerprint density at radius 1 is 1.05 bits per heavy atom. The van der Waals surface area contributed by atoms with Crippen molar-refractivity contribution in [1.29, 1.82) is 0 Å². The molecule has 2 aromatic heterocycles. The van der Waals surface area contributed by atoms with Gasteiger partial charge in [-0.2, -0.15) is 0 Å². The molecule has 0 unspecified atom stereocenters. The summed E-state index contributed by atoms with van der Waals surface area (Å²) in [6.07, 6.45) is 1.79. The van der Waals surface area contributed by atoms with Crippen LogP contribution in [0.25, 0.3) is 22.2 Å². The number of benzene rings is 1. The summed E-state index contributed by atoms with van der Waals surface area (Å²) in [6.45, 7) is 4.11. The Morgan fingerprint density at radius 2 is 1.90 bits per heavy atom. The highest BCUT2D eigenvalue weighted by Crippen LogP contribution is 2.28. The summed E-state index contributed by atoms with van der Waals surface area (Å²) < 4.78 is 0. The second kappa shape index (κ2) is 5.17. The Hall–Kier alpha value is -2.00. The highest BCUT2D eigenvalue weighted by molar-refractivity contribution is 6.29. The molecule has 0 aliphatic carbocycles. The van der Waals surface area contributed by atoms with Gasteiger partial charge in [0.1, 0.15) is 11.0 Å². The van der Waals surface area contributed by atoms with Crippen molar-refractivity contribution in [1.82, 2.24) is 15.0 Å². The van der Waals surface area contributed by atoms with Gasteiger partial charge in [0.05, 0.1) is 11.2 Å². The first-order valence-corrected chi connectivity index (χ1v) is 6.91. The molecule has 2 heterocycles. The molecule has 0 amide bonds. The molecule has 3 nitrogen and oxygen atoms in total. The number of aromatic nitrogens is 3. The van der Waals surface area contributed by atoms with Gasteiger partial charge in [-0.1, -0.05) is 43.6 Å². The molecule has 3 rings (SSSR count). The minimum absolute atomic E-state index is 0.237. The van der Waals surface area contributed by atoms with Crippen LogP contribution in [0.5, 0.6) is 0 Å². The summed E-state index contributed by atoms with van der Waals surface area (Å²) in [5, 5.41) is 1.54. The van der Waals surface area contributed by atoms with E-state index in [2.05, 4.69) is 28.8 Å². The van der Waals surface area contributed by atoms with Gasteiger partial charge in [-0.15, -0.1) is 0 Å². The van der Waals surface area contributed by atoms with Crippen LogP contribution in [0.3, 0.4) is 0 Å². The average Bonchev–Trinajstić information content (AvgIpc) is 2.46. The van der Waals surface area contributed by atoms with Crippen LogP contribution >= 0.6 is 11.6 Å². The topological polar surface area (TPSA) is 38.7 Å². The largest absolute Gasteiger partial charge is 0.256 e. The normalized spacial score (nSPS) is 11.2. The molecule has 0 N–H and O–H groups in total. The molecule has 0 aliphatic rings. The predicted molar refractivity (Wildman–Crippen MR) is 81.9 cm³/mol. The van der Waals surface area contributed by atoms with Crippen LogP contribution in [0, 0.1) is 0 Å². The van der Waals surface area contributed by atoms with Crippen molar-refractivity contribution in [3.63, 3.8) is 0 Å². The summed E-state index contributed by atoms with van der Waals surface area (Å²) in [5.74, 6) is 0.994. The van der Waals surface area contributed by atoms with E-state index in [1.165, 1.54) is 0 Å². The number of rotatable bonds is 2. The number of fused-ring (bicyclic) bond motifs is 1. The third-order valence-corrected chi connectivity index (χ3v) is 3.34. The molecule has 0 atom stereocenters. The zero-order valence-electron chi connectivity index (χ0n) is 11.3. The number of hydrogen-bond acceptors (Lipinski definition) is 3. The quantitative estimate of drug-likeness (QED) is 0.651. The van der Waals surface area contributed by atoms with Crippen LogP contribution in [-0.2, 0) is 0 Å². The van der Waals surface area contributed by atoms with E-state index in [0.29, 0.717) is 5.15 Å². The zero-order valence-corrected chi connectivity index (χ0v) is 12.1. The Morgan fingerprint density at radius 3 is 2.70 bits per heavy atom. The molecule has 0 saturated heterocycles. The smallest absolute Gasteiger partial charge is 0.133 e. The third kappa shape index (κ3) is 2.37. The summed E-state index contributed by atoms with van der Waals surface area (Å²) in [4.78, 5) is 13.3. The van der Waals surface area contributed by atoms with Gasteiger partial charge in [-0.05, 0) is 12.1 Å². The van der Waals surface area contributed by atoms with Crippen molar-refractivity contribution in [2.45, 2.75) is 19.8 Å². The van der Waals surface area contributed by atoms with E-state index < -0.39 is 0 Å². The first-order chi connectivity index (χ1) is 9.65. The van der Waals surface area contributed by atoms with E-state index in [0.717, 1.165) is 28.0 Å². The second-order valence-electron chi connectivity index (χ2n) is 4.96. The van der Waals surface area contributed by atoms with Gasteiger partial charge in [0, 0.05) is 29.1 Å². The molecule has 1 aromatic carbocycles. The maximum Gasteiger partial charge on any atom is 0.133 e. The predicted octanol–water partition coefficient (Wildman–Crippen LogP) is 4.47. The van der Waals surface area contributed by atoms with Crippen LogP contribution in [0.1, 0.15) is 25.6 Å². The number of pyridine rings is 1. The Balaban J connectivity index is 2.25. The van der Waals surface area contributed by atoms with Gasteiger partial charge in [0.25, 0.3) is 0 Å². The monoisotopic (exact) mass is 283 g/mol. The molecule has 3 aromatic rings. The second-order valence-corrected chi connectivity index (χ2v) is 5.35. The fourth-order valence-corrected chi connectivity index (χ4v) is 2.35. The van der Waals surface area contributed by atoms with Gasteiger partial charge < -0.3 is 0 Å². The molecule has 0 radical (unpaired) electrons. The van der Waals surface area contributed by atoms with Crippen LogP contribution in [-0.4, -0.2) is 15.0 Å². The third-order valence-electron chi connectivity index (χ3n) is 3.15. The van der Waals surface area contributed by atoms with Gasteiger partial charge >= 0.3 is 0 Å². The maximum absolute atomic E-state index is 6.13. The minimum Gasteiger partial charge on any atom is -0.256 e. The summed E-state index contributed by atoms with van der Waals surface area (Å²) >= 11 is 6.13. The maximum atomic E-state index is 6.13. The van der Waals surface area contributed by atoms with E-state index in [9.17, 15) is 0 Å². The lowest BCUT2D eigenvalue weighted by Gasteiger charge is -2.09. The molecule has 0 spiro atoms. The van der Waals surface area contributed by atoms with Crippen LogP contribution in [0.15, 0.2) is 42.6 Å². The van der Waals surface area contributed by atoms with Crippen LogP contribution in [0.4, 0.5) is 0 Å². The average molecular weight is 284 g/mol. The van der Waals surface area contributed by atoms with Crippen molar-refractivity contribution in [3.05, 3.63) is 53.6 Å². The number of halogens is 1. The molecule has 0 aliphatic heterocycles. The van der Waals surface area contributed by atoms with Gasteiger partial charge in [-0.3, -0.25) is 4.98 Å². The Bertz CT molecular complexity index is 763. The first kappa shape index (κ1) is 13.0. The van der Waals surface area contributed by atoms with Gasteiger partial charge in [-0.25, -0.2) is 9.97 Å². The lowest BCUT2D eigenvalue weighted by Crippen LogP contribution is -1.99. The van der Waals surface area contributed by atoms with E-state index in [1.807, 2.05) is 30.3 Å². The number of nitrogens with zero attached hydrogens (tertiary/aromatic N) is 3. The zero-order chi connectivity index (χ0) is 14.1. The van der Waals surface area contributed by atoms with E-state index >= 15 is 0 Å². The molecule has 4 heteroatoms. The van der Waals surface area contributed by atoms with Gasteiger partial charge in [0.2, 0.25) is 0 Å². The standard InChI is InChI=1S/C16H14ClN3/c1-10(2)16-19-14(9-15(17)20-16)12-5-3-7-13-11(12)6-4-8-18-13/h3-10H,1-2H3. The van der Waals surface area contributed by atoms with Crippen molar-refractivity contribution in [2.75, 3.05) is 0 Å². The first-order valence-electron chi connectivity index (χ1n) is 6.54. The number of hydrogen-bond donors (Lipinski definition) is 0. The SMILES string of the molecule is CC(C)c1nc(Cl)cc(-c2cccc3ncccc23)n1. The van der Waals surface area contributed by atoms with E-state index in [4.69, 9.17) is 11.6 Å². The minimum atomic E-state index is 0.237. The molecule has 20 heavy (non-hydrogen) atoms. The highest BCUT2D eigenvalue weighted by atomic mass is 35.5. The Kier molecular flexibility index (Phi) is 3.36. The van der Waals surface area contributed by atoms with Crippen LogP contribution < -0.4 is 0 Å². The van der Waals surface area contributed by atoms with E-state index in [1.54, 1.807) is 12.3 Å².